The number of nitrogens with zero attached hydrogens (tertiary/aromatic N) is 2. The lowest BCUT2D eigenvalue weighted by Crippen LogP contribution is -2.36. The van der Waals surface area contributed by atoms with Crippen molar-refractivity contribution >= 4 is 28.5 Å². The van der Waals surface area contributed by atoms with Crippen LogP contribution in [0.15, 0.2) is 18.3 Å². The van der Waals surface area contributed by atoms with Crippen LogP contribution in [0.25, 0.3) is 11.0 Å². The number of aromatic nitrogens is 2. The molecule has 0 bridgehead atoms. The van der Waals surface area contributed by atoms with E-state index in [0.717, 1.165) is 31.2 Å². The quantitative estimate of drug-likeness (QED) is 0.912. The maximum absolute atomic E-state index is 10.0. The summed E-state index contributed by atoms with van der Waals surface area (Å²) < 4.78 is 5.20. The Labute approximate surface area is 128 Å². The Morgan fingerprint density at radius 3 is 2.86 bits per heavy atom. The van der Waals surface area contributed by atoms with E-state index in [1.807, 2.05) is 0 Å². The summed E-state index contributed by atoms with van der Waals surface area (Å²) in [5, 5.41) is 13.8. The van der Waals surface area contributed by atoms with Crippen LogP contribution in [0.1, 0.15) is 25.7 Å². The third-order valence-electron chi connectivity index (χ3n) is 3.88. The minimum atomic E-state index is -0.323. The molecule has 1 aromatic carbocycles. The van der Waals surface area contributed by atoms with Crippen LogP contribution in [-0.2, 0) is 0 Å². The van der Waals surface area contributed by atoms with Crippen LogP contribution in [0, 0.1) is 0 Å². The molecule has 1 aromatic heterocycles. The van der Waals surface area contributed by atoms with Gasteiger partial charge < -0.3 is 15.2 Å². The summed E-state index contributed by atoms with van der Waals surface area (Å²) in [5.41, 5.74) is 1.43. The predicted octanol–water partition coefficient (Wildman–Crippen LogP) is 3.01. The Kier molecular flexibility index (Phi) is 4.12. The highest BCUT2D eigenvalue weighted by atomic mass is 35.5. The standard InChI is InChI=1S/C15H18ClN3O2/c1-21-14-7-12-11(6-9(14)16)17-8-15(19-12)18-10-4-2-3-5-13(10)20/h6-8,10,13,20H,2-5H2,1H3,(H,18,19). The number of rotatable bonds is 3. The molecule has 2 unspecified atom stereocenters. The lowest BCUT2D eigenvalue weighted by molar-refractivity contribution is 0.116. The topological polar surface area (TPSA) is 67.3 Å². The summed E-state index contributed by atoms with van der Waals surface area (Å²) >= 11 is 6.08. The molecule has 2 N–H and O–H groups in total. The molecule has 0 amide bonds. The number of anilines is 1. The van der Waals surface area contributed by atoms with Gasteiger partial charge in [-0.2, -0.15) is 0 Å². The maximum Gasteiger partial charge on any atom is 0.145 e. The molecule has 1 aliphatic rings. The summed E-state index contributed by atoms with van der Waals surface area (Å²) in [6.45, 7) is 0. The Morgan fingerprint density at radius 1 is 1.29 bits per heavy atom. The third kappa shape index (κ3) is 3.04. The fraction of sp³-hybridized carbons (Fsp3) is 0.467. The van der Waals surface area contributed by atoms with Crippen molar-refractivity contribution in [2.24, 2.45) is 0 Å². The van der Waals surface area contributed by atoms with Gasteiger partial charge in [-0.3, -0.25) is 4.98 Å². The van der Waals surface area contributed by atoms with E-state index in [9.17, 15) is 5.11 Å². The van der Waals surface area contributed by atoms with Gasteiger partial charge in [0.1, 0.15) is 11.6 Å². The van der Waals surface area contributed by atoms with Crippen LogP contribution in [-0.4, -0.2) is 34.3 Å². The maximum atomic E-state index is 10.0. The number of hydrogen-bond acceptors (Lipinski definition) is 5. The van der Waals surface area contributed by atoms with E-state index in [1.54, 1.807) is 25.4 Å². The van der Waals surface area contributed by atoms with Crippen LogP contribution in [0.2, 0.25) is 5.02 Å². The van der Waals surface area contributed by atoms with E-state index in [4.69, 9.17) is 16.3 Å². The van der Waals surface area contributed by atoms with E-state index in [0.29, 0.717) is 22.1 Å². The van der Waals surface area contributed by atoms with Crippen molar-refractivity contribution in [1.29, 1.82) is 0 Å². The first-order chi connectivity index (χ1) is 10.2. The molecule has 21 heavy (non-hydrogen) atoms. The Bertz CT molecular complexity index is 650. The van der Waals surface area contributed by atoms with E-state index in [1.165, 1.54) is 0 Å². The highest BCUT2D eigenvalue weighted by Gasteiger charge is 2.23. The zero-order valence-corrected chi connectivity index (χ0v) is 12.6. The second-order valence-electron chi connectivity index (χ2n) is 5.33. The van der Waals surface area contributed by atoms with E-state index < -0.39 is 0 Å². The van der Waals surface area contributed by atoms with Gasteiger partial charge in [0.2, 0.25) is 0 Å². The molecule has 2 aromatic rings. The van der Waals surface area contributed by atoms with Gasteiger partial charge in [0.15, 0.2) is 0 Å². The third-order valence-corrected chi connectivity index (χ3v) is 4.17. The zero-order valence-electron chi connectivity index (χ0n) is 11.8. The van der Waals surface area contributed by atoms with Crippen LogP contribution < -0.4 is 10.1 Å². The molecule has 1 saturated carbocycles. The van der Waals surface area contributed by atoms with Crippen molar-refractivity contribution in [2.45, 2.75) is 37.8 Å². The van der Waals surface area contributed by atoms with Crippen LogP contribution in [0.3, 0.4) is 0 Å². The fourth-order valence-corrected chi connectivity index (χ4v) is 2.95. The highest BCUT2D eigenvalue weighted by Crippen LogP contribution is 2.29. The van der Waals surface area contributed by atoms with Gasteiger partial charge >= 0.3 is 0 Å². The second-order valence-corrected chi connectivity index (χ2v) is 5.74. The number of halogens is 1. The average molecular weight is 308 g/mol. The number of ether oxygens (including phenoxy) is 1. The smallest absolute Gasteiger partial charge is 0.145 e. The fourth-order valence-electron chi connectivity index (χ4n) is 2.71. The van der Waals surface area contributed by atoms with Crippen LogP contribution >= 0.6 is 11.6 Å². The first-order valence-electron chi connectivity index (χ1n) is 7.12. The van der Waals surface area contributed by atoms with Crippen molar-refractivity contribution in [3.05, 3.63) is 23.4 Å². The van der Waals surface area contributed by atoms with Gasteiger partial charge in [0, 0.05) is 6.07 Å². The molecular weight excluding hydrogens is 290 g/mol. The molecule has 1 heterocycles. The summed E-state index contributed by atoms with van der Waals surface area (Å²) in [7, 11) is 1.57. The van der Waals surface area contributed by atoms with Crippen molar-refractivity contribution < 1.29 is 9.84 Å². The number of fused-ring (bicyclic) bond motifs is 1. The molecule has 1 fully saturated rings. The first kappa shape index (κ1) is 14.4. The Hall–Kier alpha value is -1.59. The molecule has 6 heteroatoms. The molecule has 2 atom stereocenters. The van der Waals surface area contributed by atoms with Crippen molar-refractivity contribution in [2.75, 3.05) is 12.4 Å². The molecule has 0 radical (unpaired) electrons. The minimum Gasteiger partial charge on any atom is -0.495 e. The highest BCUT2D eigenvalue weighted by molar-refractivity contribution is 6.32. The Balaban J connectivity index is 1.87. The van der Waals surface area contributed by atoms with E-state index in [-0.39, 0.29) is 12.1 Å². The molecule has 5 nitrogen and oxygen atoms in total. The van der Waals surface area contributed by atoms with Gasteiger partial charge in [-0.25, -0.2) is 4.98 Å². The van der Waals surface area contributed by atoms with Gasteiger partial charge in [0.25, 0.3) is 0 Å². The normalized spacial score (nSPS) is 22.2. The second kappa shape index (κ2) is 6.03. The monoisotopic (exact) mass is 307 g/mol. The van der Waals surface area contributed by atoms with E-state index in [2.05, 4.69) is 15.3 Å². The lowest BCUT2D eigenvalue weighted by atomic mass is 9.93. The number of methoxy groups -OCH3 is 1. The van der Waals surface area contributed by atoms with Crippen molar-refractivity contribution in [3.8, 4) is 5.75 Å². The summed E-state index contributed by atoms with van der Waals surface area (Å²) in [6, 6.07) is 3.55. The van der Waals surface area contributed by atoms with Gasteiger partial charge in [0.05, 0.1) is 41.5 Å². The molecule has 0 aliphatic heterocycles. The molecule has 0 saturated heterocycles. The number of benzene rings is 1. The molecule has 0 spiro atoms. The number of aliphatic hydroxyl groups is 1. The van der Waals surface area contributed by atoms with Crippen molar-refractivity contribution in [3.63, 3.8) is 0 Å². The van der Waals surface area contributed by atoms with Gasteiger partial charge in [-0.05, 0) is 18.9 Å². The van der Waals surface area contributed by atoms with Crippen LogP contribution in [0.4, 0.5) is 5.82 Å². The van der Waals surface area contributed by atoms with Crippen molar-refractivity contribution in [1.82, 2.24) is 9.97 Å². The average Bonchev–Trinajstić information content (AvgIpc) is 2.49. The molecule has 3 rings (SSSR count). The zero-order chi connectivity index (χ0) is 14.8. The molecule has 1 aliphatic carbocycles. The van der Waals surface area contributed by atoms with Gasteiger partial charge in [-0.1, -0.05) is 24.4 Å². The number of nitrogens with one attached hydrogen (secondary N) is 1. The summed E-state index contributed by atoms with van der Waals surface area (Å²) in [5.74, 6) is 1.24. The van der Waals surface area contributed by atoms with Gasteiger partial charge in [-0.15, -0.1) is 0 Å². The molecule has 112 valence electrons. The lowest BCUT2D eigenvalue weighted by Gasteiger charge is -2.28. The molecular formula is C15H18ClN3O2. The first-order valence-corrected chi connectivity index (χ1v) is 7.50. The summed E-state index contributed by atoms with van der Waals surface area (Å²) in [4.78, 5) is 8.89. The summed E-state index contributed by atoms with van der Waals surface area (Å²) in [6.07, 6.45) is 5.34. The number of hydrogen-bond donors (Lipinski definition) is 2. The number of aliphatic hydroxyl groups excluding tert-OH is 1. The Morgan fingerprint density at radius 2 is 2.10 bits per heavy atom. The minimum absolute atomic E-state index is 0.0414. The van der Waals surface area contributed by atoms with Crippen LogP contribution in [0.5, 0.6) is 5.75 Å². The SMILES string of the molecule is COc1cc2nc(NC3CCCCC3O)cnc2cc1Cl. The predicted molar refractivity (Wildman–Crippen MR) is 83.0 cm³/mol. The van der Waals surface area contributed by atoms with E-state index >= 15 is 0 Å². The largest absolute Gasteiger partial charge is 0.495 e.